The maximum atomic E-state index is 13.8. The average Bonchev–Trinajstić information content (AvgIpc) is 3.00. The Hall–Kier alpha value is -4.83. The SMILES string of the molecule is CCOc1cc(C)c(-c2nc3ccccc3c(=O)n2N=Cc2ccc(OCc3ccc([N+](=O)[O-])cc3)c(Br)c2)cc1C(C)C. The van der Waals surface area contributed by atoms with Gasteiger partial charge in [0, 0.05) is 17.7 Å². The number of hydrogen-bond donors (Lipinski definition) is 0. The van der Waals surface area contributed by atoms with Crippen LogP contribution in [0.1, 0.15) is 48.9 Å². The smallest absolute Gasteiger partial charge is 0.282 e. The molecule has 0 fully saturated rings. The van der Waals surface area contributed by atoms with Gasteiger partial charge in [0.05, 0.1) is 33.1 Å². The van der Waals surface area contributed by atoms with E-state index in [1.54, 1.807) is 30.5 Å². The molecule has 0 amide bonds. The number of ether oxygens (including phenoxy) is 2. The van der Waals surface area contributed by atoms with Gasteiger partial charge in [-0.05, 0) is 113 Å². The van der Waals surface area contributed by atoms with Crippen molar-refractivity contribution in [3.05, 3.63) is 126 Å². The fourth-order valence-corrected chi connectivity index (χ4v) is 5.30. The molecule has 5 aromatic rings. The Morgan fingerprint density at radius 3 is 2.45 bits per heavy atom. The molecule has 0 atom stereocenters. The number of fused-ring (bicyclic) bond motifs is 1. The zero-order valence-corrected chi connectivity index (χ0v) is 26.4. The third-order valence-electron chi connectivity index (χ3n) is 7.09. The Morgan fingerprint density at radius 1 is 1.02 bits per heavy atom. The molecule has 0 spiro atoms. The molecule has 44 heavy (non-hydrogen) atoms. The first-order valence-electron chi connectivity index (χ1n) is 14.2. The van der Waals surface area contributed by atoms with Crippen molar-refractivity contribution in [1.29, 1.82) is 0 Å². The van der Waals surface area contributed by atoms with E-state index < -0.39 is 4.92 Å². The molecule has 0 aliphatic heterocycles. The number of nitro benzene ring substituents is 1. The Morgan fingerprint density at radius 2 is 1.77 bits per heavy atom. The van der Waals surface area contributed by atoms with Crippen molar-refractivity contribution in [3.63, 3.8) is 0 Å². The van der Waals surface area contributed by atoms with E-state index in [0.29, 0.717) is 33.6 Å². The molecule has 0 saturated carbocycles. The van der Waals surface area contributed by atoms with Crippen molar-refractivity contribution in [2.45, 2.75) is 40.2 Å². The van der Waals surface area contributed by atoms with Gasteiger partial charge in [-0.25, -0.2) is 4.98 Å². The zero-order valence-electron chi connectivity index (χ0n) is 24.8. The lowest BCUT2D eigenvalue weighted by Crippen LogP contribution is -2.20. The second-order valence-electron chi connectivity index (χ2n) is 10.5. The first kappa shape index (κ1) is 30.6. The minimum absolute atomic E-state index is 0.0282. The van der Waals surface area contributed by atoms with Crippen LogP contribution in [0.5, 0.6) is 11.5 Å². The number of non-ortho nitro benzene ring substituents is 1. The quantitative estimate of drug-likeness (QED) is 0.0857. The molecule has 0 radical (unpaired) electrons. The summed E-state index contributed by atoms with van der Waals surface area (Å²) in [5.41, 5.74) is 4.62. The van der Waals surface area contributed by atoms with E-state index in [-0.39, 0.29) is 23.8 Å². The summed E-state index contributed by atoms with van der Waals surface area (Å²) in [6, 6.07) is 23.0. The van der Waals surface area contributed by atoms with Crippen LogP contribution in [-0.4, -0.2) is 27.4 Å². The summed E-state index contributed by atoms with van der Waals surface area (Å²) in [5, 5.41) is 16.0. The largest absolute Gasteiger partial charge is 0.494 e. The van der Waals surface area contributed by atoms with Crippen LogP contribution in [0.4, 0.5) is 5.69 Å². The van der Waals surface area contributed by atoms with Crippen LogP contribution in [0.25, 0.3) is 22.3 Å². The molecule has 5 rings (SSSR count). The highest BCUT2D eigenvalue weighted by Gasteiger charge is 2.18. The molecule has 10 heteroatoms. The van der Waals surface area contributed by atoms with Gasteiger partial charge < -0.3 is 9.47 Å². The van der Waals surface area contributed by atoms with Gasteiger partial charge >= 0.3 is 0 Å². The van der Waals surface area contributed by atoms with Crippen LogP contribution >= 0.6 is 15.9 Å². The van der Waals surface area contributed by atoms with Gasteiger partial charge in [0.2, 0.25) is 0 Å². The second-order valence-corrected chi connectivity index (χ2v) is 11.4. The molecule has 224 valence electrons. The van der Waals surface area contributed by atoms with E-state index in [4.69, 9.17) is 14.5 Å². The molecule has 0 bridgehead atoms. The van der Waals surface area contributed by atoms with Crippen molar-refractivity contribution >= 4 is 38.7 Å². The predicted octanol–water partition coefficient (Wildman–Crippen LogP) is 8.03. The maximum absolute atomic E-state index is 13.8. The number of halogens is 1. The minimum Gasteiger partial charge on any atom is -0.494 e. The summed E-state index contributed by atoms with van der Waals surface area (Å²) in [6.07, 6.45) is 1.61. The van der Waals surface area contributed by atoms with Crippen molar-refractivity contribution in [2.75, 3.05) is 6.61 Å². The third kappa shape index (κ3) is 6.55. The van der Waals surface area contributed by atoms with Crippen molar-refractivity contribution in [2.24, 2.45) is 5.10 Å². The first-order chi connectivity index (χ1) is 21.2. The van der Waals surface area contributed by atoms with E-state index in [1.807, 2.05) is 56.3 Å². The number of hydrogen-bond acceptors (Lipinski definition) is 7. The number of aryl methyl sites for hydroxylation is 1. The van der Waals surface area contributed by atoms with Gasteiger partial charge in [0.1, 0.15) is 18.1 Å². The van der Waals surface area contributed by atoms with Crippen LogP contribution in [-0.2, 0) is 6.61 Å². The fourth-order valence-electron chi connectivity index (χ4n) is 4.79. The Bertz CT molecular complexity index is 1930. The average molecular weight is 656 g/mol. The minimum atomic E-state index is -0.436. The molecule has 0 aliphatic carbocycles. The maximum Gasteiger partial charge on any atom is 0.282 e. The van der Waals surface area contributed by atoms with Gasteiger partial charge in [-0.2, -0.15) is 9.78 Å². The van der Waals surface area contributed by atoms with Gasteiger partial charge in [-0.3, -0.25) is 14.9 Å². The van der Waals surface area contributed by atoms with E-state index in [2.05, 4.69) is 34.9 Å². The van der Waals surface area contributed by atoms with Crippen LogP contribution in [0.3, 0.4) is 0 Å². The van der Waals surface area contributed by atoms with Gasteiger partial charge in [-0.15, -0.1) is 0 Å². The van der Waals surface area contributed by atoms with E-state index in [9.17, 15) is 14.9 Å². The normalized spacial score (nSPS) is 11.4. The second kappa shape index (κ2) is 13.2. The van der Waals surface area contributed by atoms with Gasteiger partial charge in [0.25, 0.3) is 11.2 Å². The zero-order chi connectivity index (χ0) is 31.4. The lowest BCUT2D eigenvalue weighted by atomic mass is 9.96. The molecule has 0 N–H and O–H groups in total. The highest BCUT2D eigenvalue weighted by Crippen LogP contribution is 2.34. The predicted molar refractivity (Wildman–Crippen MR) is 176 cm³/mol. The Labute approximate surface area is 263 Å². The number of para-hydroxylation sites is 1. The standard InChI is InChI=1S/C34H31BrN4O5/c1-5-43-32-16-22(4)28(18-27(32)21(2)3)33-37-30-9-7-6-8-26(30)34(40)38(33)36-19-24-12-15-31(29(35)17-24)44-20-23-10-13-25(14-11-23)39(41)42/h6-19,21H,5,20H2,1-4H3. The lowest BCUT2D eigenvalue weighted by molar-refractivity contribution is -0.384. The highest BCUT2D eigenvalue weighted by atomic mass is 79.9. The summed E-state index contributed by atoms with van der Waals surface area (Å²) < 4.78 is 13.9. The number of nitrogens with zero attached hydrogens (tertiary/aromatic N) is 4. The van der Waals surface area contributed by atoms with Crippen LogP contribution < -0.4 is 15.0 Å². The molecule has 0 saturated heterocycles. The summed E-state index contributed by atoms with van der Waals surface area (Å²) >= 11 is 3.56. The van der Waals surface area contributed by atoms with Crippen LogP contribution in [0.15, 0.2) is 93.2 Å². The Kier molecular flexibility index (Phi) is 9.20. The van der Waals surface area contributed by atoms with Crippen LogP contribution in [0, 0.1) is 17.0 Å². The molecule has 1 aromatic heterocycles. The molecule has 4 aromatic carbocycles. The molecule has 0 unspecified atom stereocenters. The third-order valence-corrected chi connectivity index (χ3v) is 7.71. The first-order valence-corrected chi connectivity index (χ1v) is 14.9. The van der Waals surface area contributed by atoms with Crippen LogP contribution in [0.2, 0.25) is 0 Å². The van der Waals surface area contributed by atoms with Crippen molar-refractivity contribution in [3.8, 4) is 22.9 Å². The summed E-state index contributed by atoms with van der Waals surface area (Å²) in [7, 11) is 0. The van der Waals surface area contributed by atoms with Crippen molar-refractivity contribution < 1.29 is 14.4 Å². The molecule has 1 heterocycles. The highest BCUT2D eigenvalue weighted by molar-refractivity contribution is 9.10. The van der Waals surface area contributed by atoms with E-state index >= 15 is 0 Å². The number of benzene rings is 4. The molecular formula is C34H31BrN4O5. The number of aromatic nitrogens is 2. The van der Waals surface area contributed by atoms with Gasteiger partial charge in [-0.1, -0.05) is 26.0 Å². The number of nitro groups is 1. The monoisotopic (exact) mass is 654 g/mol. The molecular weight excluding hydrogens is 624 g/mol. The lowest BCUT2D eigenvalue weighted by Gasteiger charge is -2.18. The Balaban J connectivity index is 1.49. The van der Waals surface area contributed by atoms with Crippen molar-refractivity contribution in [1.82, 2.24) is 9.66 Å². The molecule has 9 nitrogen and oxygen atoms in total. The van der Waals surface area contributed by atoms with Gasteiger partial charge in [0.15, 0.2) is 5.82 Å². The number of rotatable bonds is 10. The summed E-state index contributed by atoms with van der Waals surface area (Å²) in [5.74, 6) is 2.05. The summed E-state index contributed by atoms with van der Waals surface area (Å²) in [6.45, 7) is 8.94. The topological polar surface area (TPSA) is 109 Å². The fraction of sp³-hybridized carbons (Fsp3) is 0.206. The van der Waals surface area contributed by atoms with E-state index in [0.717, 1.165) is 33.6 Å². The summed E-state index contributed by atoms with van der Waals surface area (Å²) in [4.78, 5) is 29.1. The van der Waals surface area contributed by atoms with E-state index in [1.165, 1.54) is 16.8 Å². The molecule has 0 aliphatic rings.